The standard InChI is InChI=1S/C8H13N4O8P/c9-3-1-2-12(8(15)10-3)7-5(14)4(13)6(19-7)11-20-21(16,17)18/h1-2,4-7,11,13-14H,(H2,9,10,15)(H2,16,17,18). The molecule has 1 aliphatic heterocycles. The maximum absolute atomic E-state index is 11.6. The summed E-state index contributed by atoms with van der Waals surface area (Å²) in [4.78, 5) is 32.1. The van der Waals surface area contributed by atoms with Gasteiger partial charge in [0.15, 0.2) is 12.5 Å². The van der Waals surface area contributed by atoms with Crippen LogP contribution in [0, 0.1) is 0 Å². The second-order valence-corrected chi connectivity index (χ2v) is 5.33. The van der Waals surface area contributed by atoms with E-state index in [9.17, 15) is 19.6 Å². The number of aliphatic hydroxyl groups excluding tert-OH is 2. The Balaban J connectivity index is 2.16. The van der Waals surface area contributed by atoms with Gasteiger partial charge in [0.2, 0.25) is 0 Å². The van der Waals surface area contributed by atoms with Crippen LogP contribution in [0.3, 0.4) is 0 Å². The number of hydrogen-bond acceptors (Lipinski definition) is 9. The van der Waals surface area contributed by atoms with E-state index in [0.29, 0.717) is 0 Å². The average Bonchev–Trinajstić information content (AvgIpc) is 2.64. The summed E-state index contributed by atoms with van der Waals surface area (Å²) >= 11 is 0. The Kier molecular flexibility index (Phi) is 4.41. The van der Waals surface area contributed by atoms with E-state index in [1.165, 1.54) is 12.3 Å². The highest BCUT2D eigenvalue weighted by molar-refractivity contribution is 7.46. The van der Waals surface area contributed by atoms with Gasteiger partial charge in [-0.05, 0) is 6.07 Å². The van der Waals surface area contributed by atoms with Crippen molar-refractivity contribution in [3.8, 4) is 0 Å². The second kappa shape index (κ2) is 5.79. The fourth-order valence-electron chi connectivity index (χ4n) is 1.73. The Hall–Kier alpha value is -1.37. The van der Waals surface area contributed by atoms with E-state index >= 15 is 0 Å². The molecule has 0 saturated carbocycles. The van der Waals surface area contributed by atoms with Crippen molar-refractivity contribution in [2.75, 3.05) is 5.73 Å². The zero-order valence-electron chi connectivity index (χ0n) is 10.3. The highest BCUT2D eigenvalue weighted by Gasteiger charge is 2.45. The molecular weight excluding hydrogens is 311 g/mol. The molecule has 1 aromatic heterocycles. The molecule has 2 rings (SSSR count). The van der Waals surface area contributed by atoms with Crippen molar-refractivity contribution in [2.24, 2.45) is 0 Å². The summed E-state index contributed by atoms with van der Waals surface area (Å²) in [5.74, 6) is -0.0382. The lowest BCUT2D eigenvalue weighted by molar-refractivity contribution is -0.0943. The van der Waals surface area contributed by atoms with Gasteiger partial charge in [0, 0.05) is 6.20 Å². The summed E-state index contributed by atoms with van der Waals surface area (Å²) in [6.07, 6.45) is -4.78. The van der Waals surface area contributed by atoms with E-state index in [2.05, 4.69) is 9.61 Å². The molecule has 13 heteroatoms. The lowest BCUT2D eigenvalue weighted by Gasteiger charge is -2.17. The minimum absolute atomic E-state index is 0.0382. The van der Waals surface area contributed by atoms with E-state index < -0.39 is 38.2 Å². The number of ether oxygens (including phenoxy) is 1. The Morgan fingerprint density at radius 3 is 2.67 bits per heavy atom. The van der Waals surface area contributed by atoms with Crippen molar-refractivity contribution >= 4 is 13.6 Å². The van der Waals surface area contributed by atoms with Crippen molar-refractivity contribution in [3.63, 3.8) is 0 Å². The number of anilines is 1. The van der Waals surface area contributed by atoms with Gasteiger partial charge >= 0.3 is 13.5 Å². The highest BCUT2D eigenvalue weighted by Crippen LogP contribution is 2.35. The van der Waals surface area contributed by atoms with Gasteiger partial charge in [-0.1, -0.05) is 0 Å². The van der Waals surface area contributed by atoms with Crippen LogP contribution in [0.4, 0.5) is 5.82 Å². The molecule has 0 radical (unpaired) electrons. The summed E-state index contributed by atoms with van der Waals surface area (Å²) in [6.45, 7) is 0. The number of hydrogen-bond donors (Lipinski definition) is 6. The fraction of sp³-hybridized carbons (Fsp3) is 0.500. The summed E-state index contributed by atoms with van der Waals surface area (Å²) < 4.78 is 20.5. The highest BCUT2D eigenvalue weighted by atomic mass is 31.2. The molecule has 1 saturated heterocycles. The molecule has 4 unspecified atom stereocenters. The summed E-state index contributed by atoms with van der Waals surface area (Å²) in [5, 5.41) is 19.5. The Morgan fingerprint density at radius 1 is 1.43 bits per heavy atom. The van der Waals surface area contributed by atoms with Crippen LogP contribution in [0.5, 0.6) is 0 Å². The van der Waals surface area contributed by atoms with Gasteiger partial charge in [0.25, 0.3) is 0 Å². The van der Waals surface area contributed by atoms with Gasteiger partial charge in [-0.3, -0.25) is 4.57 Å². The predicted octanol–water partition coefficient (Wildman–Crippen LogP) is -2.98. The first-order chi connectivity index (χ1) is 9.69. The molecule has 4 atom stereocenters. The molecule has 1 aromatic rings. The summed E-state index contributed by atoms with van der Waals surface area (Å²) in [7, 11) is -4.85. The average molecular weight is 324 g/mol. The summed E-state index contributed by atoms with van der Waals surface area (Å²) in [6, 6.07) is 1.27. The van der Waals surface area contributed by atoms with Crippen LogP contribution >= 0.6 is 7.82 Å². The monoisotopic (exact) mass is 324 g/mol. The number of nitrogens with one attached hydrogen (secondary N) is 1. The lowest BCUT2D eigenvalue weighted by Crippen LogP contribution is -2.40. The number of rotatable bonds is 4. The van der Waals surface area contributed by atoms with Crippen molar-refractivity contribution < 1.29 is 33.9 Å². The van der Waals surface area contributed by atoms with E-state index in [1.807, 2.05) is 0 Å². The quantitative estimate of drug-likeness (QED) is 0.245. The second-order valence-electron chi connectivity index (χ2n) is 4.17. The third kappa shape index (κ3) is 3.64. The molecule has 7 N–H and O–H groups in total. The Morgan fingerprint density at radius 2 is 2.10 bits per heavy atom. The number of phosphoric acid groups is 1. The van der Waals surface area contributed by atoms with Crippen molar-refractivity contribution in [1.29, 1.82) is 0 Å². The molecule has 2 heterocycles. The molecule has 1 aliphatic rings. The zero-order chi connectivity index (χ0) is 15.8. The van der Waals surface area contributed by atoms with E-state index in [-0.39, 0.29) is 5.82 Å². The molecular formula is C8H13N4O8P. The van der Waals surface area contributed by atoms with Gasteiger partial charge in [0.05, 0.1) is 0 Å². The van der Waals surface area contributed by atoms with Crippen LogP contribution in [-0.4, -0.2) is 48.0 Å². The minimum Gasteiger partial charge on any atom is -0.386 e. The molecule has 0 spiro atoms. The normalized spacial score (nSPS) is 29.7. The van der Waals surface area contributed by atoms with Crippen molar-refractivity contribution in [3.05, 3.63) is 22.7 Å². The van der Waals surface area contributed by atoms with Crippen LogP contribution in [0.1, 0.15) is 6.23 Å². The molecule has 0 aromatic carbocycles. The molecule has 21 heavy (non-hydrogen) atoms. The Labute approximate surface area is 116 Å². The fourth-order valence-corrected chi connectivity index (χ4v) is 1.97. The van der Waals surface area contributed by atoms with Crippen molar-refractivity contribution in [2.45, 2.75) is 24.7 Å². The first-order valence-corrected chi connectivity index (χ1v) is 7.08. The molecule has 0 amide bonds. The maximum atomic E-state index is 11.6. The molecule has 1 fully saturated rings. The number of aromatic nitrogens is 2. The number of hydroxylamine groups is 1. The predicted molar refractivity (Wildman–Crippen MR) is 65.1 cm³/mol. The van der Waals surface area contributed by atoms with Gasteiger partial charge < -0.3 is 30.5 Å². The third-order valence-electron chi connectivity index (χ3n) is 2.65. The third-order valence-corrected chi connectivity index (χ3v) is 2.99. The first-order valence-electron chi connectivity index (χ1n) is 5.55. The van der Waals surface area contributed by atoms with Crippen LogP contribution in [0.15, 0.2) is 17.1 Å². The minimum atomic E-state index is -4.85. The summed E-state index contributed by atoms with van der Waals surface area (Å²) in [5.41, 5.74) is 6.26. The molecule has 0 bridgehead atoms. The van der Waals surface area contributed by atoms with Crippen LogP contribution < -0.4 is 16.9 Å². The van der Waals surface area contributed by atoms with Crippen LogP contribution in [-0.2, 0) is 13.9 Å². The molecule has 118 valence electrons. The van der Waals surface area contributed by atoms with Crippen LogP contribution in [0.2, 0.25) is 0 Å². The van der Waals surface area contributed by atoms with Crippen molar-refractivity contribution in [1.82, 2.24) is 15.0 Å². The maximum Gasteiger partial charge on any atom is 0.486 e. The number of nitrogen functional groups attached to an aromatic ring is 1. The van der Waals surface area contributed by atoms with E-state index in [1.54, 1.807) is 5.48 Å². The number of nitrogens with zero attached hydrogens (tertiary/aromatic N) is 2. The largest absolute Gasteiger partial charge is 0.486 e. The molecule has 0 aliphatic carbocycles. The SMILES string of the molecule is Nc1ccn(C2OC(NOP(=O)(O)O)C(O)C2O)c(=O)n1. The van der Waals surface area contributed by atoms with Crippen LogP contribution in [0.25, 0.3) is 0 Å². The van der Waals surface area contributed by atoms with Gasteiger partial charge in [0.1, 0.15) is 18.0 Å². The smallest absolute Gasteiger partial charge is 0.386 e. The molecule has 12 nitrogen and oxygen atoms in total. The van der Waals surface area contributed by atoms with E-state index in [0.717, 1.165) is 4.57 Å². The topological polar surface area (TPSA) is 189 Å². The van der Waals surface area contributed by atoms with Gasteiger partial charge in [-0.15, -0.1) is 0 Å². The van der Waals surface area contributed by atoms with E-state index in [4.69, 9.17) is 20.3 Å². The van der Waals surface area contributed by atoms with Gasteiger partial charge in [-0.25, -0.2) is 9.36 Å². The zero-order valence-corrected chi connectivity index (χ0v) is 11.2. The Bertz CT molecular complexity index is 617. The number of aliphatic hydroxyl groups is 2. The number of nitrogens with two attached hydrogens (primary N) is 1. The first kappa shape index (κ1) is 16.0. The van der Waals surface area contributed by atoms with Gasteiger partial charge in [-0.2, -0.15) is 15.1 Å². The lowest BCUT2D eigenvalue weighted by atomic mass is 10.2.